The number of fused-ring (bicyclic) bond motifs is 1. The zero-order valence-corrected chi connectivity index (χ0v) is 10.9. The third-order valence-corrected chi connectivity index (χ3v) is 3.04. The zero-order chi connectivity index (χ0) is 13.7. The van der Waals surface area contributed by atoms with Gasteiger partial charge in [-0.15, -0.1) is 0 Å². The highest BCUT2D eigenvalue weighted by Crippen LogP contribution is 2.25. The molecule has 1 aromatic rings. The van der Waals surface area contributed by atoms with Gasteiger partial charge in [0.1, 0.15) is 5.75 Å². The van der Waals surface area contributed by atoms with E-state index in [0.29, 0.717) is 13.0 Å². The third-order valence-electron chi connectivity index (χ3n) is 3.04. The monoisotopic (exact) mass is 263 g/mol. The summed E-state index contributed by atoms with van der Waals surface area (Å²) >= 11 is 0. The molecule has 1 N–H and O–H groups in total. The van der Waals surface area contributed by atoms with Crippen molar-refractivity contribution in [2.45, 2.75) is 19.3 Å². The van der Waals surface area contributed by atoms with Crippen LogP contribution in [0.25, 0.3) is 0 Å². The van der Waals surface area contributed by atoms with Crippen LogP contribution in [0.2, 0.25) is 0 Å². The van der Waals surface area contributed by atoms with Gasteiger partial charge >= 0.3 is 11.9 Å². The van der Waals surface area contributed by atoms with Gasteiger partial charge in [0.25, 0.3) is 0 Å². The van der Waals surface area contributed by atoms with Gasteiger partial charge in [-0.3, -0.25) is 4.79 Å². The molecule has 2 rings (SSSR count). The Morgan fingerprint density at radius 3 is 3.05 bits per heavy atom. The SMILES string of the molecule is COC(=O)C(=O)NCCc1ccc2c(c1)CCCO2. The Morgan fingerprint density at radius 2 is 2.26 bits per heavy atom. The minimum Gasteiger partial charge on any atom is -0.493 e. The summed E-state index contributed by atoms with van der Waals surface area (Å²) in [6.07, 6.45) is 2.74. The van der Waals surface area contributed by atoms with Crippen molar-refractivity contribution in [3.8, 4) is 5.75 Å². The lowest BCUT2D eigenvalue weighted by Crippen LogP contribution is -2.33. The average Bonchev–Trinajstić information content (AvgIpc) is 2.46. The number of aryl methyl sites for hydroxylation is 1. The summed E-state index contributed by atoms with van der Waals surface area (Å²) in [6, 6.07) is 6.04. The fraction of sp³-hybridized carbons (Fsp3) is 0.429. The first kappa shape index (κ1) is 13.4. The van der Waals surface area contributed by atoms with E-state index in [1.165, 1.54) is 12.7 Å². The van der Waals surface area contributed by atoms with Crippen molar-refractivity contribution >= 4 is 11.9 Å². The van der Waals surface area contributed by atoms with Crippen molar-refractivity contribution in [2.24, 2.45) is 0 Å². The number of carbonyl (C=O) groups excluding carboxylic acids is 2. The number of esters is 1. The summed E-state index contributed by atoms with van der Waals surface area (Å²) < 4.78 is 9.86. The standard InChI is InChI=1S/C14H17NO4/c1-18-14(17)13(16)15-7-6-10-4-5-12-11(9-10)3-2-8-19-12/h4-5,9H,2-3,6-8H2,1H3,(H,15,16). The van der Waals surface area contributed by atoms with E-state index in [-0.39, 0.29) is 0 Å². The molecule has 0 spiro atoms. The van der Waals surface area contributed by atoms with E-state index in [0.717, 1.165) is 30.8 Å². The Labute approximate surface area is 111 Å². The van der Waals surface area contributed by atoms with Gasteiger partial charge in [-0.25, -0.2) is 4.79 Å². The van der Waals surface area contributed by atoms with Gasteiger partial charge in [0, 0.05) is 6.54 Å². The summed E-state index contributed by atoms with van der Waals surface area (Å²) in [5.74, 6) is -0.615. The minimum absolute atomic E-state index is 0.410. The van der Waals surface area contributed by atoms with Crippen LogP contribution in [0.3, 0.4) is 0 Å². The Morgan fingerprint density at radius 1 is 1.42 bits per heavy atom. The normalized spacial score (nSPS) is 13.1. The van der Waals surface area contributed by atoms with Crippen molar-refractivity contribution in [3.05, 3.63) is 29.3 Å². The number of benzene rings is 1. The van der Waals surface area contributed by atoms with E-state index < -0.39 is 11.9 Å². The van der Waals surface area contributed by atoms with Crippen molar-refractivity contribution in [3.63, 3.8) is 0 Å². The van der Waals surface area contributed by atoms with Crippen molar-refractivity contribution in [2.75, 3.05) is 20.3 Å². The molecule has 1 aromatic carbocycles. The molecule has 5 nitrogen and oxygen atoms in total. The molecule has 5 heteroatoms. The highest BCUT2D eigenvalue weighted by Gasteiger charge is 2.13. The smallest absolute Gasteiger partial charge is 0.396 e. The number of ether oxygens (including phenoxy) is 2. The summed E-state index contributed by atoms with van der Waals surface area (Å²) in [7, 11) is 1.19. The zero-order valence-electron chi connectivity index (χ0n) is 10.9. The van der Waals surface area contributed by atoms with Gasteiger partial charge in [-0.05, 0) is 36.5 Å². The molecule has 1 aliphatic rings. The number of hydrogen-bond acceptors (Lipinski definition) is 4. The van der Waals surface area contributed by atoms with Crippen LogP contribution < -0.4 is 10.1 Å². The van der Waals surface area contributed by atoms with Gasteiger partial charge in [0.2, 0.25) is 0 Å². The van der Waals surface area contributed by atoms with E-state index in [1.807, 2.05) is 12.1 Å². The molecule has 0 unspecified atom stereocenters. The van der Waals surface area contributed by atoms with E-state index in [2.05, 4.69) is 16.1 Å². The van der Waals surface area contributed by atoms with Crippen molar-refractivity contribution < 1.29 is 19.1 Å². The number of methoxy groups -OCH3 is 1. The molecule has 1 amide bonds. The third kappa shape index (κ3) is 3.47. The Kier molecular flexibility index (Phi) is 4.39. The second-order valence-corrected chi connectivity index (χ2v) is 4.39. The molecule has 0 atom stereocenters. The van der Waals surface area contributed by atoms with Crippen LogP contribution in [0.15, 0.2) is 18.2 Å². The second kappa shape index (κ2) is 6.22. The molecule has 19 heavy (non-hydrogen) atoms. The van der Waals surface area contributed by atoms with Crippen LogP contribution >= 0.6 is 0 Å². The lowest BCUT2D eigenvalue weighted by atomic mass is 10.0. The van der Waals surface area contributed by atoms with Gasteiger partial charge in [-0.1, -0.05) is 12.1 Å². The Hall–Kier alpha value is -2.04. The highest BCUT2D eigenvalue weighted by molar-refractivity contribution is 6.32. The lowest BCUT2D eigenvalue weighted by molar-refractivity contribution is -0.152. The molecular weight excluding hydrogens is 246 g/mol. The summed E-state index contributed by atoms with van der Waals surface area (Å²) in [5.41, 5.74) is 2.33. The first-order valence-corrected chi connectivity index (χ1v) is 6.31. The highest BCUT2D eigenvalue weighted by atomic mass is 16.5. The Bertz CT molecular complexity index is 484. The maximum atomic E-state index is 11.2. The molecule has 1 heterocycles. The molecule has 0 fully saturated rings. The summed E-state index contributed by atoms with van der Waals surface area (Å²) in [6.45, 7) is 1.19. The van der Waals surface area contributed by atoms with Crippen molar-refractivity contribution in [1.82, 2.24) is 5.32 Å². The van der Waals surface area contributed by atoms with Crippen LogP contribution in [0.5, 0.6) is 5.75 Å². The predicted molar refractivity (Wildman–Crippen MR) is 69.0 cm³/mol. The predicted octanol–water partition coefficient (Wildman–Crippen LogP) is 0.843. The average molecular weight is 263 g/mol. The number of rotatable bonds is 3. The number of nitrogens with one attached hydrogen (secondary N) is 1. The summed E-state index contributed by atoms with van der Waals surface area (Å²) in [4.78, 5) is 22.1. The molecule has 102 valence electrons. The first-order chi connectivity index (χ1) is 9.20. The maximum absolute atomic E-state index is 11.2. The van der Waals surface area contributed by atoms with E-state index >= 15 is 0 Å². The minimum atomic E-state index is -0.862. The molecule has 0 saturated carbocycles. The van der Waals surface area contributed by atoms with Crippen LogP contribution in [0.4, 0.5) is 0 Å². The number of hydrogen-bond donors (Lipinski definition) is 1. The molecule has 0 bridgehead atoms. The summed E-state index contributed by atoms with van der Waals surface area (Å²) in [5, 5.41) is 2.52. The van der Waals surface area contributed by atoms with Crippen LogP contribution in [-0.4, -0.2) is 32.1 Å². The van der Waals surface area contributed by atoms with Crippen LogP contribution in [-0.2, 0) is 27.2 Å². The molecule has 0 aromatic heterocycles. The fourth-order valence-corrected chi connectivity index (χ4v) is 2.05. The van der Waals surface area contributed by atoms with Gasteiger partial charge in [0.05, 0.1) is 13.7 Å². The largest absolute Gasteiger partial charge is 0.493 e. The Balaban J connectivity index is 1.86. The fourth-order valence-electron chi connectivity index (χ4n) is 2.05. The van der Waals surface area contributed by atoms with E-state index in [1.54, 1.807) is 0 Å². The second-order valence-electron chi connectivity index (χ2n) is 4.39. The first-order valence-electron chi connectivity index (χ1n) is 6.31. The van der Waals surface area contributed by atoms with E-state index in [4.69, 9.17) is 4.74 Å². The quantitative estimate of drug-likeness (QED) is 0.648. The van der Waals surface area contributed by atoms with Crippen LogP contribution in [0.1, 0.15) is 17.5 Å². The number of carbonyl (C=O) groups is 2. The maximum Gasteiger partial charge on any atom is 0.396 e. The lowest BCUT2D eigenvalue weighted by Gasteiger charge is -2.17. The van der Waals surface area contributed by atoms with E-state index in [9.17, 15) is 9.59 Å². The number of amides is 1. The molecular formula is C14H17NO4. The van der Waals surface area contributed by atoms with Gasteiger partial charge in [-0.2, -0.15) is 0 Å². The topological polar surface area (TPSA) is 64.6 Å². The molecule has 0 radical (unpaired) electrons. The van der Waals surface area contributed by atoms with Crippen molar-refractivity contribution in [1.29, 1.82) is 0 Å². The molecule has 1 aliphatic heterocycles. The van der Waals surface area contributed by atoms with Crippen LogP contribution in [0, 0.1) is 0 Å². The van der Waals surface area contributed by atoms with Gasteiger partial charge in [0.15, 0.2) is 0 Å². The molecule has 0 saturated heterocycles. The molecule has 0 aliphatic carbocycles. The van der Waals surface area contributed by atoms with Gasteiger partial charge < -0.3 is 14.8 Å².